The van der Waals surface area contributed by atoms with Crippen molar-refractivity contribution in [3.05, 3.63) is 71.8 Å². The summed E-state index contributed by atoms with van der Waals surface area (Å²) in [5.41, 5.74) is -0.546. The number of anilines is 1. The zero-order valence-electron chi connectivity index (χ0n) is 13.6. The Labute approximate surface area is 146 Å². The lowest BCUT2D eigenvalue weighted by atomic mass is 10.1. The average Bonchev–Trinajstić information content (AvgIpc) is 3.22. The minimum atomic E-state index is -4.54. The van der Waals surface area contributed by atoms with Crippen molar-refractivity contribution in [3.63, 3.8) is 0 Å². The van der Waals surface area contributed by atoms with Gasteiger partial charge in [-0.15, -0.1) is 0 Å². The third-order valence-electron chi connectivity index (χ3n) is 3.46. The Hall–Kier alpha value is -3.29. The molecule has 2 heterocycles. The fraction of sp³-hybridized carbons (Fsp3) is 0.111. The second-order valence-electron chi connectivity index (χ2n) is 5.44. The van der Waals surface area contributed by atoms with Crippen LogP contribution < -0.4 is 5.32 Å². The summed E-state index contributed by atoms with van der Waals surface area (Å²) in [7, 11) is 0. The van der Waals surface area contributed by atoms with Gasteiger partial charge in [0.2, 0.25) is 5.91 Å². The number of aryl methyl sites for hydroxylation is 1. The maximum Gasteiger partial charge on any atom is 0.418 e. The average molecular weight is 361 g/mol. The van der Waals surface area contributed by atoms with E-state index in [2.05, 4.69) is 10.4 Å². The molecule has 26 heavy (non-hydrogen) atoms. The molecule has 0 radical (unpaired) electrons. The Morgan fingerprint density at radius 3 is 2.69 bits per heavy atom. The second kappa shape index (κ2) is 6.91. The van der Waals surface area contributed by atoms with Gasteiger partial charge in [-0.25, -0.2) is 4.68 Å². The van der Waals surface area contributed by atoms with Crippen LogP contribution in [0.25, 0.3) is 11.8 Å². The number of amides is 1. The van der Waals surface area contributed by atoms with Gasteiger partial charge in [-0.3, -0.25) is 4.79 Å². The number of benzene rings is 1. The first kappa shape index (κ1) is 17.5. The molecular formula is C18H14F3N3O2. The largest absolute Gasteiger partial charge is 0.465 e. The second-order valence-corrected chi connectivity index (χ2v) is 5.44. The van der Waals surface area contributed by atoms with Crippen LogP contribution in [0.4, 0.5) is 19.0 Å². The van der Waals surface area contributed by atoms with Crippen LogP contribution in [0.3, 0.4) is 0 Å². The quantitative estimate of drug-likeness (QED) is 0.699. The van der Waals surface area contributed by atoms with E-state index in [0.717, 1.165) is 10.7 Å². The standard InChI is InChI=1S/C18H14F3N3O2/c1-12-11-16(22-17(25)9-8-13-5-4-10-26-13)24(23-12)15-7-3-2-6-14(15)18(19,20)21/h2-11H,1H3,(H,22,25)/b9-8+. The van der Waals surface area contributed by atoms with Crippen molar-refractivity contribution in [2.24, 2.45) is 0 Å². The van der Waals surface area contributed by atoms with Crippen molar-refractivity contribution in [3.8, 4) is 5.69 Å². The third-order valence-corrected chi connectivity index (χ3v) is 3.46. The van der Waals surface area contributed by atoms with Crippen LogP contribution in [0.5, 0.6) is 0 Å². The number of nitrogens with one attached hydrogen (secondary N) is 1. The van der Waals surface area contributed by atoms with E-state index in [-0.39, 0.29) is 11.5 Å². The number of furan rings is 1. The molecule has 134 valence electrons. The van der Waals surface area contributed by atoms with Crippen LogP contribution in [0, 0.1) is 6.92 Å². The molecule has 3 aromatic rings. The summed E-state index contributed by atoms with van der Waals surface area (Å²) >= 11 is 0. The number of aromatic nitrogens is 2. The number of carbonyl (C=O) groups excluding carboxylic acids is 1. The highest BCUT2D eigenvalue weighted by Gasteiger charge is 2.34. The van der Waals surface area contributed by atoms with Crippen molar-refractivity contribution in [2.45, 2.75) is 13.1 Å². The van der Waals surface area contributed by atoms with Crippen LogP contribution >= 0.6 is 0 Å². The van der Waals surface area contributed by atoms with Crippen molar-refractivity contribution in [1.29, 1.82) is 0 Å². The van der Waals surface area contributed by atoms with E-state index in [1.165, 1.54) is 42.7 Å². The fourth-order valence-corrected chi connectivity index (χ4v) is 2.38. The molecule has 0 unspecified atom stereocenters. The molecule has 3 rings (SSSR count). The van der Waals surface area contributed by atoms with Gasteiger partial charge in [-0.05, 0) is 37.3 Å². The molecule has 0 aliphatic carbocycles. The van der Waals surface area contributed by atoms with E-state index in [1.54, 1.807) is 19.1 Å². The van der Waals surface area contributed by atoms with Gasteiger partial charge in [0.25, 0.3) is 0 Å². The number of hydrogen-bond acceptors (Lipinski definition) is 3. The molecule has 0 aliphatic heterocycles. The summed E-state index contributed by atoms with van der Waals surface area (Å²) in [6, 6.07) is 9.86. The molecule has 1 aromatic carbocycles. The first-order valence-electron chi connectivity index (χ1n) is 7.60. The lowest BCUT2D eigenvalue weighted by molar-refractivity contribution is -0.137. The van der Waals surface area contributed by atoms with Crippen LogP contribution in [0.15, 0.2) is 59.2 Å². The molecular weight excluding hydrogens is 347 g/mol. The summed E-state index contributed by atoms with van der Waals surface area (Å²) < 4.78 is 45.9. The highest BCUT2D eigenvalue weighted by Crippen LogP contribution is 2.34. The topological polar surface area (TPSA) is 60.1 Å². The Morgan fingerprint density at radius 1 is 1.23 bits per heavy atom. The molecule has 0 atom stereocenters. The molecule has 8 heteroatoms. The summed E-state index contributed by atoms with van der Waals surface area (Å²) in [4.78, 5) is 12.1. The molecule has 5 nitrogen and oxygen atoms in total. The predicted molar refractivity (Wildman–Crippen MR) is 89.7 cm³/mol. The first-order valence-corrected chi connectivity index (χ1v) is 7.60. The van der Waals surface area contributed by atoms with Gasteiger partial charge in [-0.1, -0.05) is 12.1 Å². The molecule has 2 aromatic heterocycles. The summed E-state index contributed by atoms with van der Waals surface area (Å²) in [6.45, 7) is 1.63. The van der Waals surface area contributed by atoms with Gasteiger partial charge in [-0.2, -0.15) is 18.3 Å². The minimum absolute atomic E-state index is 0.133. The summed E-state index contributed by atoms with van der Waals surface area (Å²) in [5.74, 6) is 0.0904. The molecule has 0 saturated carbocycles. The predicted octanol–water partition coefficient (Wildman–Crippen LogP) is 4.44. The van der Waals surface area contributed by atoms with E-state index in [1.807, 2.05) is 0 Å². The Morgan fingerprint density at radius 2 is 2.00 bits per heavy atom. The van der Waals surface area contributed by atoms with E-state index >= 15 is 0 Å². The lowest BCUT2D eigenvalue weighted by Gasteiger charge is -2.14. The zero-order chi connectivity index (χ0) is 18.7. The van der Waals surface area contributed by atoms with Crippen LogP contribution in [0.2, 0.25) is 0 Å². The van der Waals surface area contributed by atoms with Gasteiger partial charge in [0.05, 0.1) is 23.2 Å². The molecule has 0 fully saturated rings. The number of nitrogens with zero attached hydrogens (tertiary/aromatic N) is 2. The van der Waals surface area contributed by atoms with E-state index in [9.17, 15) is 18.0 Å². The minimum Gasteiger partial charge on any atom is -0.465 e. The monoisotopic (exact) mass is 361 g/mol. The number of halogens is 3. The maximum atomic E-state index is 13.3. The Kier molecular flexibility index (Phi) is 4.66. The van der Waals surface area contributed by atoms with Crippen LogP contribution in [0.1, 0.15) is 17.0 Å². The number of alkyl halides is 3. The number of carbonyl (C=O) groups is 1. The Bertz CT molecular complexity index is 941. The van der Waals surface area contributed by atoms with E-state index in [4.69, 9.17) is 4.42 Å². The van der Waals surface area contributed by atoms with Gasteiger partial charge in [0.15, 0.2) is 0 Å². The van der Waals surface area contributed by atoms with Crippen molar-refractivity contribution in [2.75, 3.05) is 5.32 Å². The van der Waals surface area contributed by atoms with Crippen molar-refractivity contribution in [1.82, 2.24) is 9.78 Å². The van der Waals surface area contributed by atoms with Gasteiger partial charge in [0, 0.05) is 12.1 Å². The van der Waals surface area contributed by atoms with Gasteiger partial charge in [0.1, 0.15) is 11.6 Å². The highest BCUT2D eigenvalue weighted by molar-refractivity contribution is 6.01. The summed E-state index contributed by atoms with van der Waals surface area (Å²) in [5, 5.41) is 6.61. The van der Waals surface area contributed by atoms with Crippen LogP contribution in [-0.2, 0) is 11.0 Å². The maximum absolute atomic E-state index is 13.3. The number of para-hydroxylation sites is 1. The highest BCUT2D eigenvalue weighted by atomic mass is 19.4. The van der Waals surface area contributed by atoms with Gasteiger partial charge >= 0.3 is 6.18 Å². The van der Waals surface area contributed by atoms with Gasteiger partial charge < -0.3 is 9.73 Å². The van der Waals surface area contributed by atoms with Crippen molar-refractivity contribution < 1.29 is 22.4 Å². The van der Waals surface area contributed by atoms with E-state index in [0.29, 0.717) is 11.5 Å². The number of rotatable bonds is 4. The molecule has 1 N–H and O–H groups in total. The zero-order valence-corrected chi connectivity index (χ0v) is 13.6. The number of hydrogen-bond donors (Lipinski definition) is 1. The lowest BCUT2D eigenvalue weighted by Crippen LogP contribution is -2.16. The molecule has 0 aliphatic rings. The smallest absolute Gasteiger partial charge is 0.418 e. The fourth-order valence-electron chi connectivity index (χ4n) is 2.38. The Balaban J connectivity index is 1.91. The molecule has 1 amide bonds. The normalized spacial score (nSPS) is 11.8. The molecule has 0 bridgehead atoms. The van der Waals surface area contributed by atoms with Crippen LogP contribution in [-0.4, -0.2) is 15.7 Å². The summed E-state index contributed by atoms with van der Waals surface area (Å²) in [6.07, 6.45) is -0.408. The SMILES string of the molecule is Cc1cc(NC(=O)/C=C/c2ccco2)n(-c2ccccc2C(F)(F)F)n1. The third kappa shape index (κ3) is 3.85. The first-order chi connectivity index (χ1) is 12.3. The molecule has 0 saturated heterocycles. The van der Waals surface area contributed by atoms with E-state index < -0.39 is 17.6 Å². The molecule has 0 spiro atoms. The van der Waals surface area contributed by atoms with Crippen molar-refractivity contribution >= 4 is 17.8 Å².